The smallest absolute Gasteiger partial charge is 0.278 e. The molecule has 2 amide bonds. The highest BCUT2D eigenvalue weighted by molar-refractivity contribution is 6.31. The number of hydrogen-bond donors (Lipinski definition) is 1. The fraction of sp³-hybridized carbons (Fsp3) is 0.182. The van der Waals surface area contributed by atoms with Crippen molar-refractivity contribution in [3.63, 3.8) is 0 Å². The molecule has 1 aliphatic heterocycles. The maximum absolute atomic E-state index is 12.9. The van der Waals surface area contributed by atoms with Crippen LogP contribution in [0.4, 0.5) is 5.69 Å². The second-order valence-electron chi connectivity index (χ2n) is 6.92. The fourth-order valence-corrected chi connectivity index (χ4v) is 3.59. The molecule has 2 aromatic carbocycles. The van der Waals surface area contributed by atoms with Crippen molar-refractivity contribution >= 4 is 29.1 Å². The van der Waals surface area contributed by atoms with Gasteiger partial charge in [-0.15, -0.1) is 0 Å². The summed E-state index contributed by atoms with van der Waals surface area (Å²) < 4.78 is 0.997. The van der Waals surface area contributed by atoms with E-state index in [1.807, 2.05) is 30.3 Å². The van der Waals surface area contributed by atoms with E-state index in [9.17, 15) is 14.4 Å². The Morgan fingerprint density at radius 1 is 1.03 bits per heavy atom. The van der Waals surface area contributed by atoms with Crippen LogP contribution in [0.2, 0.25) is 5.02 Å². The zero-order valence-corrected chi connectivity index (χ0v) is 16.8. The van der Waals surface area contributed by atoms with Crippen LogP contribution >= 0.6 is 11.6 Å². The zero-order chi connectivity index (χ0) is 21.1. The Hall–Kier alpha value is -3.45. The molecule has 1 N–H and O–H groups in total. The van der Waals surface area contributed by atoms with E-state index >= 15 is 0 Å². The van der Waals surface area contributed by atoms with E-state index in [0.29, 0.717) is 11.6 Å². The molecular weight excluding hydrogens is 404 g/mol. The summed E-state index contributed by atoms with van der Waals surface area (Å²) >= 11 is 6.09. The summed E-state index contributed by atoms with van der Waals surface area (Å²) in [5.74, 6) is -0.703. The Morgan fingerprint density at radius 3 is 2.63 bits per heavy atom. The molecular formula is C22H19ClN4O3. The summed E-state index contributed by atoms with van der Waals surface area (Å²) in [6.07, 6.45) is 0.770. The Kier molecular flexibility index (Phi) is 5.63. The lowest BCUT2D eigenvalue weighted by atomic mass is 10.2. The molecule has 30 heavy (non-hydrogen) atoms. The maximum atomic E-state index is 12.9. The van der Waals surface area contributed by atoms with Gasteiger partial charge in [0.05, 0.1) is 0 Å². The Balaban J connectivity index is 1.47. The molecule has 2 heterocycles. The molecule has 0 radical (unpaired) electrons. The first-order chi connectivity index (χ1) is 14.5. The van der Waals surface area contributed by atoms with Gasteiger partial charge in [-0.2, -0.15) is 5.10 Å². The van der Waals surface area contributed by atoms with Gasteiger partial charge in [0.25, 0.3) is 11.5 Å². The number of benzene rings is 2. The Bertz CT molecular complexity index is 1170. The van der Waals surface area contributed by atoms with Gasteiger partial charge in [0.15, 0.2) is 0 Å². The molecule has 0 fully saturated rings. The Labute approximate surface area is 177 Å². The van der Waals surface area contributed by atoms with E-state index in [1.165, 1.54) is 12.1 Å². The lowest BCUT2D eigenvalue weighted by Gasteiger charge is -2.17. The lowest BCUT2D eigenvalue weighted by Crippen LogP contribution is -2.36. The van der Waals surface area contributed by atoms with Crippen LogP contribution < -0.4 is 15.8 Å². The van der Waals surface area contributed by atoms with Crippen molar-refractivity contribution in [1.82, 2.24) is 15.1 Å². The van der Waals surface area contributed by atoms with Crippen molar-refractivity contribution in [3.05, 3.63) is 92.9 Å². The summed E-state index contributed by atoms with van der Waals surface area (Å²) in [6, 6.07) is 17.5. The minimum Gasteiger partial charge on any atom is -0.350 e. The predicted molar refractivity (Wildman–Crippen MR) is 114 cm³/mol. The summed E-state index contributed by atoms with van der Waals surface area (Å²) in [7, 11) is 0. The van der Waals surface area contributed by atoms with E-state index < -0.39 is 11.5 Å². The molecule has 0 bridgehead atoms. The monoisotopic (exact) mass is 422 g/mol. The van der Waals surface area contributed by atoms with Crippen LogP contribution in [0.25, 0.3) is 0 Å². The third-order valence-corrected chi connectivity index (χ3v) is 5.31. The van der Waals surface area contributed by atoms with Crippen LogP contribution in [-0.2, 0) is 24.3 Å². The number of nitrogens with zero attached hydrogens (tertiary/aromatic N) is 3. The molecule has 0 spiro atoms. The largest absolute Gasteiger partial charge is 0.350 e. The quantitative estimate of drug-likeness (QED) is 0.684. The SMILES string of the molecule is O=C(Cn1nc(C(=O)N2CCc3ccccc32)ccc1=O)NCc1ccccc1Cl. The maximum Gasteiger partial charge on any atom is 0.278 e. The molecule has 152 valence electrons. The van der Waals surface area contributed by atoms with Crippen LogP contribution in [0.15, 0.2) is 65.5 Å². The zero-order valence-electron chi connectivity index (χ0n) is 16.0. The predicted octanol–water partition coefficient (Wildman–Crippen LogP) is 2.42. The van der Waals surface area contributed by atoms with Crippen molar-refractivity contribution in [1.29, 1.82) is 0 Å². The van der Waals surface area contributed by atoms with Crippen molar-refractivity contribution in [2.45, 2.75) is 19.5 Å². The van der Waals surface area contributed by atoms with Gasteiger partial charge in [-0.05, 0) is 35.7 Å². The number of carbonyl (C=O) groups excluding carboxylic acids is 2. The third-order valence-electron chi connectivity index (χ3n) is 4.95. The summed E-state index contributed by atoms with van der Waals surface area (Å²) in [5, 5.41) is 7.39. The van der Waals surface area contributed by atoms with Gasteiger partial charge in [-0.1, -0.05) is 48.0 Å². The number of hydrogen-bond acceptors (Lipinski definition) is 4. The number of carbonyl (C=O) groups is 2. The number of fused-ring (bicyclic) bond motifs is 1. The molecule has 7 nitrogen and oxygen atoms in total. The molecule has 0 unspecified atom stereocenters. The van der Waals surface area contributed by atoms with Gasteiger partial charge in [0.1, 0.15) is 12.2 Å². The van der Waals surface area contributed by atoms with E-state index in [-0.39, 0.29) is 24.7 Å². The normalized spacial score (nSPS) is 12.5. The third kappa shape index (κ3) is 4.11. The summed E-state index contributed by atoms with van der Waals surface area (Å²) in [6.45, 7) is 0.495. The first kappa shape index (κ1) is 19.8. The molecule has 0 atom stereocenters. The Morgan fingerprint density at radius 2 is 1.80 bits per heavy atom. The second-order valence-corrected chi connectivity index (χ2v) is 7.33. The number of rotatable bonds is 5. The highest BCUT2D eigenvalue weighted by Crippen LogP contribution is 2.28. The minimum atomic E-state index is -0.457. The molecule has 8 heteroatoms. The molecule has 0 aliphatic carbocycles. The molecule has 4 rings (SSSR count). The standard InChI is InChI=1S/C22H19ClN4O3/c23-17-7-3-1-6-16(17)13-24-20(28)14-27-21(29)10-9-18(25-27)22(30)26-12-11-15-5-2-4-8-19(15)26/h1-10H,11-14H2,(H,24,28). The average Bonchev–Trinajstić information content (AvgIpc) is 3.18. The second kappa shape index (κ2) is 8.51. The van der Waals surface area contributed by atoms with Gasteiger partial charge < -0.3 is 10.2 Å². The molecule has 1 aromatic heterocycles. The van der Waals surface area contributed by atoms with Crippen molar-refractivity contribution in [2.24, 2.45) is 0 Å². The van der Waals surface area contributed by atoms with E-state index in [1.54, 1.807) is 23.1 Å². The first-order valence-electron chi connectivity index (χ1n) is 9.51. The average molecular weight is 423 g/mol. The minimum absolute atomic E-state index is 0.116. The number of aromatic nitrogens is 2. The van der Waals surface area contributed by atoms with Crippen LogP contribution in [0.5, 0.6) is 0 Å². The lowest BCUT2D eigenvalue weighted by molar-refractivity contribution is -0.122. The number of anilines is 1. The summed E-state index contributed by atoms with van der Waals surface area (Å²) in [4.78, 5) is 39.0. The van der Waals surface area contributed by atoms with Gasteiger partial charge in [0, 0.05) is 29.9 Å². The van der Waals surface area contributed by atoms with Crippen LogP contribution in [0.1, 0.15) is 21.6 Å². The van der Waals surface area contributed by atoms with Gasteiger partial charge in [-0.3, -0.25) is 14.4 Å². The fourth-order valence-electron chi connectivity index (χ4n) is 3.39. The van der Waals surface area contributed by atoms with Crippen molar-refractivity contribution < 1.29 is 9.59 Å². The van der Waals surface area contributed by atoms with E-state index in [0.717, 1.165) is 27.9 Å². The highest BCUT2D eigenvalue weighted by Gasteiger charge is 2.26. The number of nitrogens with one attached hydrogen (secondary N) is 1. The van der Waals surface area contributed by atoms with Crippen LogP contribution in [0.3, 0.4) is 0 Å². The van der Waals surface area contributed by atoms with Crippen LogP contribution in [0, 0.1) is 0 Å². The molecule has 0 saturated heterocycles. The number of para-hydroxylation sites is 1. The van der Waals surface area contributed by atoms with Gasteiger partial charge >= 0.3 is 0 Å². The van der Waals surface area contributed by atoms with Crippen molar-refractivity contribution in [2.75, 3.05) is 11.4 Å². The van der Waals surface area contributed by atoms with Crippen LogP contribution in [-0.4, -0.2) is 28.1 Å². The molecule has 1 aliphatic rings. The summed E-state index contributed by atoms with van der Waals surface area (Å²) in [5.41, 5.74) is 2.37. The first-order valence-corrected chi connectivity index (χ1v) is 9.89. The van der Waals surface area contributed by atoms with Gasteiger partial charge in [0.2, 0.25) is 5.91 Å². The molecule has 0 saturated carbocycles. The topological polar surface area (TPSA) is 84.3 Å². The van der Waals surface area contributed by atoms with Gasteiger partial charge in [-0.25, -0.2) is 4.68 Å². The number of amides is 2. The number of halogens is 1. The van der Waals surface area contributed by atoms with Crippen molar-refractivity contribution in [3.8, 4) is 0 Å². The molecule has 3 aromatic rings. The van der Waals surface area contributed by atoms with E-state index in [4.69, 9.17) is 11.6 Å². The van der Waals surface area contributed by atoms with E-state index in [2.05, 4.69) is 10.4 Å². The highest BCUT2D eigenvalue weighted by atomic mass is 35.5.